The Morgan fingerprint density at radius 3 is 2.87 bits per heavy atom. The van der Waals surface area contributed by atoms with E-state index in [0.717, 1.165) is 49.1 Å². The third-order valence-corrected chi connectivity index (χ3v) is 4.76. The van der Waals surface area contributed by atoms with Gasteiger partial charge in [0.2, 0.25) is 0 Å². The molecule has 0 radical (unpaired) electrons. The van der Waals surface area contributed by atoms with E-state index in [-0.39, 0.29) is 11.9 Å². The van der Waals surface area contributed by atoms with Gasteiger partial charge in [0.05, 0.1) is 18.4 Å². The first kappa shape index (κ1) is 16.5. The Bertz CT molecular complexity index is 629. The van der Waals surface area contributed by atoms with Crippen LogP contribution >= 0.6 is 11.3 Å². The lowest BCUT2D eigenvalue weighted by molar-refractivity contribution is -0.0409. The van der Waals surface area contributed by atoms with Crippen molar-refractivity contribution >= 4 is 11.3 Å². The van der Waals surface area contributed by atoms with Crippen molar-refractivity contribution in [1.82, 2.24) is 14.8 Å². The average Bonchev–Trinajstić information content (AvgIpc) is 2.96. The van der Waals surface area contributed by atoms with E-state index in [1.165, 1.54) is 12.1 Å². The molecular formula is C17H22FN3OS. The third-order valence-electron chi connectivity index (χ3n) is 3.82. The van der Waals surface area contributed by atoms with Crippen LogP contribution in [0.4, 0.5) is 4.39 Å². The number of rotatable bonds is 5. The Kier molecular flexibility index (Phi) is 5.38. The molecule has 1 fully saturated rings. The zero-order valence-electron chi connectivity index (χ0n) is 13.5. The molecule has 1 atom stereocenters. The van der Waals surface area contributed by atoms with Gasteiger partial charge >= 0.3 is 0 Å². The van der Waals surface area contributed by atoms with Crippen molar-refractivity contribution < 1.29 is 9.13 Å². The van der Waals surface area contributed by atoms with Crippen LogP contribution in [0.2, 0.25) is 0 Å². The molecule has 0 unspecified atom stereocenters. The fraction of sp³-hybridized carbons (Fsp3) is 0.471. The van der Waals surface area contributed by atoms with Crippen LogP contribution < -0.4 is 0 Å². The highest BCUT2D eigenvalue weighted by molar-refractivity contribution is 7.13. The largest absolute Gasteiger partial charge is 0.374 e. The molecule has 0 saturated carbocycles. The topological polar surface area (TPSA) is 28.6 Å². The summed E-state index contributed by atoms with van der Waals surface area (Å²) in [5.74, 6) is -0.217. The highest BCUT2D eigenvalue weighted by Gasteiger charge is 2.21. The number of halogens is 1. The van der Waals surface area contributed by atoms with Crippen LogP contribution in [0, 0.1) is 5.82 Å². The number of thiazole rings is 1. The molecule has 23 heavy (non-hydrogen) atoms. The molecule has 1 aromatic carbocycles. The Labute approximate surface area is 140 Å². The van der Waals surface area contributed by atoms with Crippen LogP contribution in [0.1, 0.15) is 5.69 Å². The summed E-state index contributed by atoms with van der Waals surface area (Å²) in [5.41, 5.74) is 2.04. The van der Waals surface area contributed by atoms with Crippen LogP contribution in [0.3, 0.4) is 0 Å². The van der Waals surface area contributed by atoms with Crippen molar-refractivity contribution in [1.29, 1.82) is 0 Å². The van der Waals surface area contributed by atoms with Crippen LogP contribution in [0.15, 0.2) is 29.6 Å². The lowest BCUT2D eigenvalue weighted by Crippen LogP contribution is -2.46. The van der Waals surface area contributed by atoms with Gasteiger partial charge in [0.1, 0.15) is 10.8 Å². The lowest BCUT2D eigenvalue weighted by atomic mass is 10.2. The minimum atomic E-state index is -0.217. The van der Waals surface area contributed by atoms with Gasteiger partial charge in [-0.2, -0.15) is 0 Å². The fourth-order valence-electron chi connectivity index (χ4n) is 2.78. The number of likely N-dealkylation sites (N-methyl/N-ethyl adjacent to an activating group) is 1. The van der Waals surface area contributed by atoms with Crippen molar-refractivity contribution in [3.05, 3.63) is 41.2 Å². The van der Waals surface area contributed by atoms with Crippen molar-refractivity contribution in [2.75, 3.05) is 40.3 Å². The molecule has 0 amide bonds. The number of ether oxygens (including phenoxy) is 1. The first-order valence-corrected chi connectivity index (χ1v) is 8.67. The van der Waals surface area contributed by atoms with Crippen LogP contribution in [-0.4, -0.2) is 61.2 Å². The number of benzene rings is 1. The molecule has 0 spiro atoms. The third kappa shape index (κ3) is 4.57. The molecule has 2 heterocycles. The number of nitrogens with zero attached hydrogens (tertiary/aromatic N) is 3. The molecule has 1 aromatic heterocycles. The van der Waals surface area contributed by atoms with Gasteiger partial charge in [0.15, 0.2) is 0 Å². The minimum absolute atomic E-state index is 0.217. The van der Waals surface area contributed by atoms with Crippen molar-refractivity contribution in [3.8, 4) is 10.6 Å². The molecule has 4 nitrogen and oxygen atoms in total. The standard InChI is InChI=1S/C17H22FN3OS/c1-20(2)10-16-11-21(7-8-22-16)9-15-12-23-17(19-15)13-3-5-14(18)6-4-13/h3-6,12,16H,7-11H2,1-2H3/t16-/m1/s1. The molecule has 6 heteroatoms. The summed E-state index contributed by atoms with van der Waals surface area (Å²) in [7, 11) is 4.13. The number of hydrogen-bond acceptors (Lipinski definition) is 5. The smallest absolute Gasteiger partial charge is 0.123 e. The molecule has 0 aliphatic carbocycles. The molecule has 0 bridgehead atoms. The predicted molar refractivity (Wildman–Crippen MR) is 91.1 cm³/mol. The normalized spacial score (nSPS) is 19.4. The second-order valence-corrected chi connectivity index (χ2v) is 7.00. The van der Waals surface area contributed by atoms with Crippen LogP contribution in [-0.2, 0) is 11.3 Å². The van der Waals surface area contributed by atoms with E-state index in [1.807, 2.05) is 0 Å². The molecule has 124 valence electrons. The summed E-state index contributed by atoms with van der Waals surface area (Å²) < 4.78 is 18.8. The Morgan fingerprint density at radius 2 is 2.13 bits per heavy atom. The Balaban J connectivity index is 1.61. The maximum atomic E-state index is 13.0. The highest BCUT2D eigenvalue weighted by atomic mass is 32.1. The fourth-order valence-corrected chi connectivity index (χ4v) is 3.59. The van der Waals surface area contributed by atoms with Gasteiger partial charge in [-0.25, -0.2) is 9.37 Å². The summed E-state index contributed by atoms with van der Waals surface area (Å²) in [6.45, 7) is 4.42. The molecule has 1 saturated heterocycles. The average molecular weight is 335 g/mol. The summed E-state index contributed by atoms with van der Waals surface area (Å²) in [6.07, 6.45) is 0.258. The zero-order chi connectivity index (χ0) is 16.2. The van der Waals surface area contributed by atoms with E-state index in [2.05, 4.69) is 29.3 Å². The SMILES string of the molecule is CN(C)C[C@@H]1CN(Cc2csc(-c3ccc(F)cc3)n2)CCO1. The Hall–Kier alpha value is -1.34. The summed E-state index contributed by atoms with van der Waals surface area (Å²) in [4.78, 5) is 9.24. The van der Waals surface area contributed by atoms with E-state index >= 15 is 0 Å². The lowest BCUT2D eigenvalue weighted by Gasteiger charge is -2.33. The van der Waals surface area contributed by atoms with E-state index in [9.17, 15) is 4.39 Å². The highest BCUT2D eigenvalue weighted by Crippen LogP contribution is 2.24. The number of morpholine rings is 1. The van der Waals surface area contributed by atoms with Gasteiger partial charge in [0, 0.05) is 37.1 Å². The quantitative estimate of drug-likeness (QED) is 0.840. The van der Waals surface area contributed by atoms with Crippen molar-refractivity contribution in [2.45, 2.75) is 12.6 Å². The summed E-state index contributed by atoms with van der Waals surface area (Å²) >= 11 is 1.61. The molecule has 0 N–H and O–H groups in total. The second-order valence-electron chi connectivity index (χ2n) is 6.14. The first-order valence-electron chi connectivity index (χ1n) is 7.79. The number of hydrogen-bond donors (Lipinski definition) is 0. The summed E-state index contributed by atoms with van der Waals surface area (Å²) in [6, 6.07) is 6.51. The molecule has 2 aromatic rings. The van der Waals surface area contributed by atoms with Crippen molar-refractivity contribution in [3.63, 3.8) is 0 Å². The van der Waals surface area contributed by atoms with E-state index < -0.39 is 0 Å². The van der Waals surface area contributed by atoms with E-state index in [0.29, 0.717) is 0 Å². The predicted octanol–water partition coefficient (Wildman–Crippen LogP) is 2.71. The van der Waals surface area contributed by atoms with Crippen LogP contribution in [0.5, 0.6) is 0 Å². The van der Waals surface area contributed by atoms with Gasteiger partial charge < -0.3 is 9.64 Å². The van der Waals surface area contributed by atoms with Gasteiger partial charge in [0.25, 0.3) is 0 Å². The van der Waals surface area contributed by atoms with Crippen LogP contribution in [0.25, 0.3) is 10.6 Å². The van der Waals surface area contributed by atoms with Crippen molar-refractivity contribution in [2.24, 2.45) is 0 Å². The molecular weight excluding hydrogens is 313 g/mol. The maximum absolute atomic E-state index is 13.0. The molecule has 1 aliphatic rings. The zero-order valence-corrected chi connectivity index (χ0v) is 14.4. The Morgan fingerprint density at radius 1 is 1.35 bits per heavy atom. The van der Waals surface area contributed by atoms with E-state index in [1.54, 1.807) is 23.5 Å². The maximum Gasteiger partial charge on any atom is 0.123 e. The minimum Gasteiger partial charge on any atom is -0.374 e. The van der Waals surface area contributed by atoms with E-state index in [4.69, 9.17) is 9.72 Å². The van der Waals surface area contributed by atoms with Gasteiger partial charge in [-0.3, -0.25) is 4.90 Å². The summed E-state index contributed by atoms with van der Waals surface area (Å²) in [5, 5.41) is 3.04. The molecule has 1 aliphatic heterocycles. The van der Waals surface area contributed by atoms with Gasteiger partial charge in [-0.15, -0.1) is 11.3 Å². The molecule has 3 rings (SSSR count). The number of aromatic nitrogens is 1. The second kappa shape index (κ2) is 7.49. The first-order chi connectivity index (χ1) is 11.1. The van der Waals surface area contributed by atoms with Gasteiger partial charge in [-0.1, -0.05) is 0 Å². The monoisotopic (exact) mass is 335 g/mol. The van der Waals surface area contributed by atoms with Gasteiger partial charge in [-0.05, 0) is 38.4 Å².